The highest BCUT2D eigenvalue weighted by atomic mass is 79.9. The van der Waals surface area contributed by atoms with Gasteiger partial charge in [-0.1, -0.05) is 76.6 Å². The zero-order chi connectivity index (χ0) is 29.6. The van der Waals surface area contributed by atoms with Crippen LogP contribution in [0, 0.1) is 0 Å². The van der Waals surface area contributed by atoms with Gasteiger partial charge >= 0.3 is 0 Å². The number of aromatic nitrogens is 3. The Morgan fingerprint density at radius 1 is 0.930 bits per heavy atom. The first-order valence-electron chi connectivity index (χ1n) is 13.2. The van der Waals surface area contributed by atoms with Crippen LogP contribution in [0.3, 0.4) is 0 Å². The fourth-order valence-electron chi connectivity index (χ4n) is 4.83. The van der Waals surface area contributed by atoms with Crippen LogP contribution >= 0.6 is 31.9 Å². The Hall–Kier alpha value is -4.33. The van der Waals surface area contributed by atoms with E-state index in [0.29, 0.717) is 17.2 Å². The second-order valence-corrected chi connectivity index (χ2v) is 13.3. The van der Waals surface area contributed by atoms with E-state index in [0.717, 1.165) is 27.0 Å². The van der Waals surface area contributed by atoms with E-state index in [4.69, 9.17) is 4.98 Å². The average molecular weight is 718 g/mol. The number of hydrogen-bond donors (Lipinski definition) is 2. The van der Waals surface area contributed by atoms with Gasteiger partial charge in [0.2, 0.25) is 0 Å². The molecule has 0 radical (unpaired) electrons. The summed E-state index contributed by atoms with van der Waals surface area (Å²) in [4.78, 5) is 4.68. The molecule has 10 nitrogen and oxygen atoms in total. The number of anilines is 2. The first-order chi connectivity index (χ1) is 20.9. The molecule has 5 aromatic rings. The molecule has 13 heteroatoms. The minimum absolute atomic E-state index is 0.0561. The molecule has 2 aliphatic rings. The van der Waals surface area contributed by atoms with Gasteiger partial charge in [0.25, 0.3) is 10.0 Å². The van der Waals surface area contributed by atoms with Gasteiger partial charge in [0.1, 0.15) is 12.0 Å². The minimum atomic E-state index is -4.06. The number of alkyl halides is 1. The number of sulfonamides is 1. The molecule has 0 bridgehead atoms. The molecule has 0 aliphatic carbocycles. The van der Waals surface area contributed by atoms with Crippen molar-refractivity contribution in [3.63, 3.8) is 0 Å². The SMILES string of the molecule is O=S(=O)(N=C1C=C(c2ccccc2)NC2C(Br)C=NN12)c1ccc(Nc2cc(-c3ccccc3)nc3c(Br)cnn23)cc1. The van der Waals surface area contributed by atoms with E-state index < -0.39 is 10.0 Å². The lowest BCUT2D eigenvalue weighted by Gasteiger charge is -2.32. The molecule has 0 fully saturated rings. The Kier molecular flexibility index (Phi) is 7.07. The normalized spacial score (nSPS) is 18.9. The van der Waals surface area contributed by atoms with Gasteiger partial charge in [-0.3, -0.25) is 0 Å². The minimum Gasteiger partial charge on any atom is -0.362 e. The Bertz CT molecular complexity index is 2030. The fraction of sp³-hybridized carbons (Fsp3) is 0.0667. The second-order valence-electron chi connectivity index (χ2n) is 9.76. The molecule has 43 heavy (non-hydrogen) atoms. The standard InChI is InChI=1S/C30H22Br2N8O2S/c31-23-17-33-39-27(15-25(36-29(23)39)19-7-3-1-4-8-19)35-21-11-13-22(14-12-21)43(41,42)38-28-16-26(20-9-5-2-6-10-20)37-30-24(32)18-34-40(28)30/h1-18,24,30,35,37H. The molecule has 3 aromatic carbocycles. The van der Waals surface area contributed by atoms with Crippen LogP contribution < -0.4 is 10.6 Å². The number of halogens is 2. The number of amidine groups is 1. The van der Waals surface area contributed by atoms with Crippen LogP contribution in [0.4, 0.5) is 11.5 Å². The van der Waals surface area contributed by atoms with Crippen molar-refractivity contribution in [1.29, 1.82) is 0 Å². The quantitative estimate of drug-likeness (QED) is 0.206. The summed E-state index contributed by atoms with van der Waals surface area (Å²) in [5.74, 6) is 0.890. The zero-order valence-electron chi connectivity index (χ0n) is 22.2. The third kappa shape index (κ3) is 5.35. The molecule has 0 spiro atoms. The van der Waals surface area contributed by atoms with Crippen molar-refractivity contribution in [2.45, 2.75) is 15.9 Å². The summed E-state index contributed by atoms with van der Waals surface area (Å²) in [6.07, 6.45) is 4.77. The third-order valence-electron chi connectivity index (χ3n) is 6.93. The summed E-state index contributed by atoms with van der Waals surface area (Å²) in [6, 6.07) is 27.9. The smallest absolute Gasteiger partial charge is 0.284 e. The number of benzene rings is 3. The van der Waals surface area contributed by atoms with Crippen molar-refractivity contribution in [2.75, 3.05) is 5.32 Å². The molecule has 0 saturated carbocycles. The summed E-state index contributed by atoms with van der Waals surface area (Å²) >= 11 is 7.12. The Morgan fingerprint density at radius 2 is 1.63 bits per heavy atom. The maximum atomic E-state index is 13.5. The number of nitrogens with one attached hydrogen (secondary N) is 2. The van der Waals surface area contributed by atoms with Crippen molar-refractivity contribution in [3.05, 3.63) is 113 Å². The Labute approximate surface area is 264 Å². The first-order valence-corrected chi connectivity index (χ1v) is 16.3. The molecule has 2 aliphatic heterocycles. The zero-order valence-corrected chi connectivity index (χ0v) is 26.2. The summed E-state index contributed by atoms with van der Waals surface area (Å²) in [7, 11) is -4.06. The lowest BCUT2D eigenvalue weighted by atomic mass is 10.1. The molecular weight excluding hydrogens is 696 g/mol. The Balaban J connectivity index is 1.20. The van der Waals surface area contributed by atoms with E-state index in [2.05, 4.69) is 57.1 Å². The second kappa shape index (κ2) is 11.1. The van der Waals surface area contributed by atoms with Crippen LogP contribution in [0.15, 0.2) is 122 Å². The van der Waals surface area contributed by atoms with Gasteiger partial charge in [-0.05, 0) is 45.8 Å². The number of rotatable bonds is 6. The predicted octanol–water partition coefficient (Wildman–Crippen LogP) is 6.02. The van der Waals surface area contributed by atoms with Crippen LogP contribution in [-0.4, -0.2) is 51.1 Å². The summed E-state index contributed by atoms with van der Waals surface area (Å²) in [6.45, 7) is 0. The Morgan fingerprint density at radius 3 is 2.35 bits per heavy atom. The van der Waals surface area contributed by atoms with E-state index in [9.17, 15) is 8.42 Å². The van der Waals surface area contributed by atoms with Gasteiger partial charge in [-0.15, -0.1) is 4.40 Å². The van der Waals surface area contributed by atoms with Gasteiger partial charge in [-0.2, -0.15) is 23.1 Å². The molecule has 4 heterocycles. The topological polar surface area (TPSA) is 116 Å². The molecule has 2 atom stereocenters. The predicted molar refractivity (Wildman–Crippen MR) is 175 cm³/mol. The highest BCUT2D eigenvalue weighted by molar-refractivity contribution is 9.10. The van der Waals surface area contributed by atoms with Crippen molar-refractivity contribution in [1.82, 2.24) is 24.9 Å². The first kappa shape index (κ1) is 27.5. The van der Waals surface area contributed by atoms with Gasteiger partial charge in [-0.25, -0.2) is 9.99 Å². The monoisotopic (exact) mass is 716 g/mol. The van der Waals surface area contributed by atoms with Gasteiger partial charge in [0.05, 0.1) is 26.1 Å². The van der Waals surface area contributed by atoms with Crippen LogP contribution in [0.5, 0.6) is 0 Å². The lowest BCUT2D eigenvalue weighted by Crippen LogP contribution is -2.50. The summed E-state index contributed by atoms with van der Waals surface area (Å²) in [5.41, 5.74) is 4.72. The van der Waals surface area contributed by atoms with Gasteiger partial charge in [0, 0.05) is 35.3 Å². The van der Waals surface area contributed by atoms with E-state index in [1.165, 1.54) is 12.1 Å². The van der Waals surface area contributed by atoms with Crippen LogP contribution in [0.25, 0.3) is 22.6 Å². The molecule has 2 unspecified atom stereocenters. The van der Waals surface area contributed by atoms with E-state index >= 15 is 0 Å². The maximum Gasteiger partial charge on any atom is 0.284 e. The van der Waals surface area contributed by atoms with Crippen LogP contribution in [0.2, 0.25) is 0 Å². The number of fused-ring (bicyclic) bond motifs is 2. The molecule has 0 saturated heterocycles. The van der Waals surface area contributed by atoms with Gasteiger partial charge < -0.3 is 10.6 Å². The summed E-state index contributed by atoms with van der Waals surface area (Å²) < 4.78 is 33.6. The lowest BCUT2D eigenvalue weighted by molar-refractivity contribution is 0.337. The fourth-order valence-corrected chi connectivity index (χ4v) is 6.61. The number of hydrazone groups is 1. The van der Waals surface area contributed by atoms with E-state index in [1.807, 2.05) is 66.7 Å². The maximum absolute atomic E-state index is 13.5. The number of hydrogen-bond acceptors (Lipinski definition) is 7. The van der Waals surface area contributed by atoms with Crippen LogP contribution in [-0.2, 0) is 10.0 Å². The van der Waals surface area contributed by atoms with E-state index in [1.54, 1.807) is 40.1 Å². The van der Waals surface area contributed by atoms with Crippen molar-refractivity contribution in [2.24, 2.45) is 9.50 Å². The molecule has 0 amide bonds. The molecule has 7 rings (SSSR count). The molecule has 2 N–H and O–H groups in total. The molecule has 2 aromatic heterocycles. The average Bonchev–Trinajstić information content (AvgIpc) is 3.60. The number of nitrogens with zero attached hydrogens (tertiary/aromatic N) is 6. The van der Waals surface area contributed by atoms with Crippen molar-refractivity contribution < 1.29 is 8.42 Å². The largest absolute Gasteiger partial charge is 0.362 e. The highest BCUT2D eigenvalue weighted by Gasteiger charge is 2.36. The molecule has 214 valence electrons. The van der Waals surface area contributed by atoms with Gasteiger partial charge in [0.15, 0.2) is 11.5 Å². The van der Waals surface area contributed by atoms with Crippen molar-refractivity contribution >= 4 is 76.8 Å². The van der Waals surface area contributed by atoms with E-state index in [-0.39, 0.29) is 21.7 Å². The third-order valence-corrected chi connectivity index (χ3v) is 9.52. The van der Waals surface area contributed by atoms with Crippen molar-refractivity contribution in [3.8, 4) is 11.3 Å². The van der Waals surface area contributed by atoms with Crippen LogP contribution in [0.1, 0.15) is 5.56 Å². The molecular formula is C30H22Br2N8O2S. The highest BCUT2D eigenvalue weighted by Crippen LogP contribution is 2.30. The summed E-state index contributed by atoms with van der Waals surface area (Å²) in [5, 5.41) is 17.1.